The monoisotopic (exact) mass is 386 g/mol. The first-order valence-electron chi connectivity index (χ1n) is 9.15. The van der Waals surface area contributed by atoms with Gasteiger partial charge in [0.2, 0.25) is 5.91 Å². The number of rotatable bonds is 6. The summed E-state index contributed by atoms with van der Waals surface area (Å²) in [7, 11) is 1.59. The van der Waals surface area contributed by atoms with Crippen LogP contribution in [0.25, 0.3) is 6.08 Å². The second-order valence-corrected chi connectivity index (χ2v) is 6.47. The van der Waals surface area contributed by atoms with Crippen molar-refractivity contribution in [2.24, 2.45) is 0 Å². The molecule has 0 aliphatic heterocycles. The zero-order valence-electron chi connectivity index (χ0n) is 16.3. The van der Waals surface area contributed by atoms with Gasteiger partial charge < -0.3 is 15.4 Å². The lowest BCUT2D eigenvalue weighted by Crippen LogP contribution is -2.12. The summed E-state index contributed by atoms with van der Waals surface area (Å²) >= 11 is 0. The number of benzene rings is 3. The number of nitrogens with one attached hydrogen (secondary N) is 2. The second-order valence-electron chi connectivity index (χ2n) is 6.47. The Labute approximate surface area is 170 Å². The highest BCUT2D eigenvalue weighted by atomic mass is 16.5. The van der Waals surface area contributed by atoms with Crippen molar-refractivity contribution < 1.29 is 14.3 Å². The van der Waals surface area contributed by atoms with Gasteiger partial charge in [0, 0.05) is 28.6 Å². The number of methoxy groups -OCH3 is 1. The van der Waals surface area contributed by atoms with Gasteiger partial charge in [-0.1, -0.05) is 35.9 Å². The Morgan fingerprint density at radius 1 is 0.862 bits per heavy atom. The van der Waals surface area contributed by atoms with Crippen LogP contribution in [0.5, 0.6) is 5.75 Å². The number of hydrogen-bond donors (Lipinski definition) is 2. The molecule has 0 aromatic heterocycles. The van der Waals surface area contributed by atoms with E-state index in [0.717, 1.165) is 11.1 Å². The molecule has 0 aliphatic rings. The average Bonchev–Trinajstić information content (AvgIpc) is 2.74. The number of ether oxygens (including phenoxy) is 1. The number of hydrogen-bond acceptors (Lipinski definition) is 3. The SMILES string of the molecule is COc1ccccc1/C=C/C(=O)Nc1ccc(NC(=O)c2cccc(C)c2)cc1. The third kappa shape index (κ3) is 5.56. The zero-order valence-corrected chi connectivity index (χ0v) is 16.3. The lowest BCUT2D eigenvalue weighted by molar-refractivity contribution is -0.111. The van der Waals surface area contributed by atoms with Gasteiger partial charge >= 0.3 is 0 Å². The van der Waals surface area contributed by atoms with Crippen LogP contribution in [-0.4, -0.2) is 18.9 Å². The number of carbonyl (C=O) groups excluding carboxylic acids is 2. The van der Waals surface area contributed by atoms with Crippen molar-refractivity contribution in [3.63, 3.8) is 0 Å². The number of para-hydroxylation sites is 1. The van der Waals surface area contributed by atoms with Crippen molar-refractivity contribution in [2.45, 2.75) is 6.92 Å². The fraction of sp³-hybridized carbons (Fsp3) is 0.0833. The molecule has 0 fully saturated rings. The molecule has 0 aliphatic carbocycles. The molecule has 3 aromatic rings. The molecule has 0 unspecified atom stereocenters. The molecule has 3 rings (SSSR count). The van der Waals surface area contributed by atoms with Crippen LogP contribution in [0.15, 0.2) is 78.9 Å². The van der Waals surface area contributed by atoms with Crippen LogP contribution in [-0.2, 0) is 4.79 Å². The molecule has 3 aromatic carbocycles. The van der Waals surface area contributed by atoms with E-state index in [9.17, 15) is 9.59 Å². The maximum atomic E-state index is 12.3. The van der Waals surface area contributed by atoms with Gasteiger partial charge in [0.1, 0.15) is 5.75 Å². The summed E-state index contributed by atoms with van der Waals surface area (Å²) in [4.78, 5) is 24.5. The molecule has 146 valence electrons. The second kappa shape index (κ2) is 9.37. The van der Waals surface area contributed by atoms with E-state index in [0.29, 0.717) is 22.7 Å². The van der Waals surface area contributed by atoms with Gasteiger partial charge in [-0.2, -0.15) is 0 Å². The van der Waals surface area contributed by atoms with Crippen molar-refractivity contribution in [3.8, 4) is 5.75 Å². The molecule has 0 atom stereocenters. The Hall–Kier alpha value is -3.86. The maximum Gasteiger partial charge on any atom is 0.255 e. The Morgan fingerprint density at radius 2 is 1.55 bits per heavy atom. The van der Waals surface area contributed by atoms with Gasteiger partial charge in [-0.15, -0.1) is 0 Å². The third-order valence-corrected chi connectivity index (χ3v) is 4.24. The zero-order chi connectivity index (χ0) is 20.6. The molecule has 0 saturated carbocycles. The smallest absolute Gasteiger partial charge is 0.255 e. The first-order valence-corrected chi connectivity index (χ1v) is 9.15. The Kier molecular flexibility index (Phi) is 6.43. The van der Waals surface area contributed by atoms with Crippen LogP contribution in [0.4, 0.5) is 11.4 Å². The molecular weight excluding hydrogens is 364 g/mol. The lowest BCUT2D eigenvalue weighted by atomic mass is 10.1. The average molecular weight is 386 g/mol. The first kappa shape index (κ1) is 19.9. The van der Waals surface area contributed by atoms with Gasteiger partial charge in [0.05, 0.1) is 7.11 Å². The molecule has 2 amide bonds. The highest BCUT2D eigenvalue weighted by molar-refractivity contribution is 6.05. The predicted octanol–water partition coefficient (Wildman–Crippen LogP) is 4.91. The molecular formula is C24H22N2O3. The van der Waals surface area contributed by atoms with Crippen LogP contribution in [0.2, 0.25) is 0 Å². The Bertz CT molecular complexity index is 1040. The van der Waals surface area contributed by atoms with Gasteiger partial charge in [-0.25, -0.2) is 0 Å². The van der Waals surface area contributed by atoms with Crippen LogP contribution in [0, 0.1) is 6.92 Å². The lowest BCUT2D eigenvalue weighted by Gasteiger charge is -2.08. The Morgan fingerprint density at radius 3 is 2.24 bits per heavy atom. The number of amides is 2. The minimum Gasteiger partial charge on any atom is -0.496 e. The fourth-order valence-corrected chi connectivity index (χ4v) is 2.78. The van der Waals surface area contributed by atoms with Crippen molar-refractivity contribution in [1.82, 2.24) is 0 Å². The van der Waals surface area contributed by atoms with Gasteiger partial charge in [-0.3, -0.25) is 9.59 Å². The van der Waals surface area contributed by atoms with Crippen molar-refractivity contribution in [3.05, 3.63) is 95.6 Å². The summed E-state index contributed by atoms with van der Waals surface area (Å²) < 4.78 is 5.26. The molecule has 0 spiro atoms. The standard InChI is InChI=1S/C24H22N2O3/c1-17-6-5-8-19(16-17)24(28)26-21-13-11-20(12-14-21)25-23(27)15-10-18-7-3-4-9-22(18)29-2/h3-16H,1-2H3,(H,25,27)(H,26,28)/b15-10+. The van der Waals surface area contributed by atoms with Gasteiger partial charge in [0.25, 0.3) is 5.91 Å². The normalized spacial score (nSPS) is 10.6. The van der Waals surface area contributed by atoms with E-state index < -0.39 is 0 Å². The van der Waals surface area contributed by atoms with E-state index in [1.165, 1.54) is 6.08 Å². The van der Waals surface area contributed by atoms with Crippen LogP contribution in [0.3, 0.4) is 0 Å². The predicted molar refractivity (Wildman–Crippen MR) is 116 cm³/mol. The third-order valence-electron chi connectivity index (χ3n) is 4.24. The quantitative estimate of drug-likeness (QED) is 0.592. The van der Waals surface area contributed by atoms with E-state index >= 15 is 0 Å². The van der Waals surface area contributed by atoms with Crippen molar-refractivity contribution in [1.29, 1.82) is 0 Å². The molecule has 0 bridgehead atoms. The summed E-state index contributed by atoms with van der Waals surface area (Å²) in [6.07, 6.45) is 3.15. The van der Waals surface area contributed by atoms with E-state index in [1.54, 1.807) is 43.5 Å². The van der Waals surface area contributed by atoms with Crippen LogP contribution < -0.4 is 15.4 Å². The van der Waals surface area contributed by atoms with Crippen LogP contribution >= 0.6 is 0 Å². The minimum absolute atomic E-state index is 0.176. The van der Waals surface area contributed by atoms with Gasteiger partial charge in [-0.05, 0) is 55.5 Å². The number of aryl methyl sites for hydroxylation is 1. The van der Waals surface area contributed by atoms with Gasteiger partial charge in [0.15, 0.2) is 0 Å². The number of anilines is 2. The molecule has 2 N–H and O–H groups in total. The topological polar surface area (TPSA) is 67.4 Å². The minimum atomic E-state index is -0.257. The molecule has 0 saturated heterocycles. The highest BCUT2D eigenvalue weighted by Crippen LogP contribution is 2.19. The molecule has 5 heteroatoms. The molecule has 0 heterocycles. The summed E-state index contributed by atoms with van der Waals surface area (Å²) in [5, 5.41) is 5.64. The van der Waals surface area contributed by atoms with E-state index in [2.05, 4.69) is 10.6 Å². The molecule has 5 nitrogen and oxygen atoms in total. The first-order chi connectivity index (χ1) is 14.0. The van der Waals surface area contributed by atoms with E-state index in [1.807, 2.05) is 49.4 Å². The summed E-state index contributed by atoms with van der Waals surface area (Å²) in [6, 6.07) is 21.8. The van der Waals surface area contributed by atoms with Crippen molar-refractivity contribution in [2.75, 3.05) is 17.7 Å². The fourth-order valence-electron chi connectivity index (χ4n) is 2.78. The van der Waals surface area contributed by atoms with Crippen molar-refractivity contribution >= 4 is 29.3 Å². The largest absolute Gasteiger partial charge is 0.496 e. The summed E-state index contributed by atoms with van der Waals surface area (Å²) in [5.41, 5.74) is 3.73. The highest BCUT2D eigenvalue weighted by Gasteiger charge is 2.06. The molecule has 0 radical (unpaired) electrons. The Balaban J connectivity index is 1.59. The van der Waals surface area contributed by atoms with E-state index in [-0.39, 0.29) is 11.8 Å². The number of carbonyl (C=O) groups is 2. The molecule has 29 heavy (non-hydrogen) atoms. The maximum absolute atomic E-state index is 12.3. The summed E-state index contributed by atoms with van der Waals surface area (Å²) in [6.45, 7) is 1.94. The van der Waals surface area contributed by atoms with E-state index in [4.69, 9.17) is 4.74 Å². The van der Waals surface area contributed by atoms with Crippen LogP contribution in [0.1, 0.15) is 21.5 Å². The summed E-state index contributed by atoms with van der Waals surface area (Å²) in [5.74, 6) is 0.267.